The first kappa shape index (κ1) is 16.6. The first-order valence-electron chi connectivity index (χ1n) is 11.4. The molecule has 5 rings (SSSR count). The molecular weight excluding hydrogens is 306 g/mol. The van der Waals surface area contributed by atoms with E-state index in [9.17, 15) is 4.79 Å². The van der Waals surface area contributed by atoms with E-state index in [0.29, 0.717) is 11.3 Å². The molecule has 1 amide bonds. The van der Waals surface area contributed by atoms with E-state index in [-0.39, 0.29) is 5.41 Å². The van der Waals surface area contributed by atoms with Crippen molar-refractivity contribution < 1.29 is 4.79 Å². The standard InChI is InChI=1S/C23H37NO/c1-2-3-4-5-7-17-8-6-9-24(15-17)21(25)22-12-18-10-19-11-20(14-22)23(19,13-18)16-22/h17-20H,2-16H2,1H3. The highest BCUT2D eigenvalue weighted by atomic mass is 16.2. The second-order valence-electron chi connectivity index (χ2n) is 10.6. The summed E-state index contributed by atoms with van der Waals surface area (Å²) in [7, 11) is 0. The normalized spacial score (nSPS) is 47.0. The Morgan fingerprint density at radius 2 is 2.00 bits per heavy atom. The SMILES string of the molecule is CCCCCCC1CCCN(C(=O)C23CC4CC5CC(C2)C5(C4)C3)C1. The van der Waals surface area contributed by atoms with Gasteiger partial charge in [-0.1, -0.05) is 32.6 Å². The first-order chi connectivity index (χ1) is 12.2. The number of fused-ring (bicyclic) bond motifs is 2. The average Bonchev–Trinajstić information content (AvgIpc) is 2.94. The number of hydrogen-bond acceptors (Lipinski definition) is 1. The van der Waals surface area contributed by atoms with Gasteiger partial charge in [-0.25, -0.2) is 0 Å². The minimum atomic E-state index is 0.0862. The van der Waals surface area contributed by atoms with E-state index < -0.39 is 0 Å². The number of amides is 1. The molecule has 0 N–H and O–H groups in total. The molecule has 0 aromatic rings. The maximum absolute atomic E-state index is 13.7. The lowest BCUT2D eigenvalue weighted by Gasteiger charge is -2.49. The van der Waals surface area contributed by atoms with Gasteiger partial charge in [0.2, 0.25) is 5.91 Å². The van der Waals surface area contributed by atoms with Crippen LogP contribution in [0.5, 0.6) is 0 Å². The van der Waals surface area contributed by atoms with Crippen LogP contribution in [0.25, 0.3) is 0 Å². The largest absolute Gasteiger partial charge is 0.342 e. The molecule has 4 saturated carbocycles. The number of carbonyl (C=O) groups is 1. The van der Waals surface area contributed by atoms with Gasteiger partial charge in [0.15, 0.2) is 0 Å². The van der Waals surface area contributed by atoms with Crippen LogP contribution in [-0.4, -0.2) is 23.9 Å². The lowest BCUT2D eigenvalue weighted by atomic mass is 9.55. The molecular formula is C23H37NO. The van der Waals surface area contributed by atoms with E-state index in [2.05, 4.69) is 11.8 Å². The minimum Gasteiger partial charge on any atom is -0.342 e. The number of nitrogens with zero attached hydrogens (tertiary/aromatic N) is 1. The van der Waals surface area contributed by atoms with Gasteiger partial charge >= 0.3 is 0 Å². The zero-order valence-corrected chi connectivity index (χ0v) is 16.3. The minimum absolute atomic E-state index is 0.0862. The van der Waals surface area contributed by atoms with Crippen LogP contribution in [0.15, 0.2) is 0 Å². The summed E-state index contributed by atoms with van der Waals surface area (Å²) in [4.78, 5) is 16.0. The van der Waals surface area contributed by atoms with Crippen LogP contribution in [-0.2, 0) is 4.79 Å². The molecule has 25 heavy (non-hydrogen) atoms. The Balaban J connectivity index is 1.24. The number of piperidine rings is 1. The topological polar surface area (TPSA) is 20.3 Å². The lowest BCUT2D eigenvalue weighted by molar-refractivity contribution is -0.146. The van der Waals surface area contributed by atoms with E-state index >= 15 is 0 Å². The van der Waals surface area contributed by atoms with Crippen LogP contribution in [0.4, 0.5) is 0 Å². The van der Waals surface area contributed by atoms with E-state index in [1.807, 2.05) is 0 Å². The molecule has 5 fully saturated rings. The van der Waals surface area contributed by atoms with E-state index in [0.717, 1.165) is 36.8 Å². The van der Waals surface area contributed by atoms with Crippen molar-refractivity contribution in [2.24, 2.45) is 34.5 Å². The highest BCUT2D eigenvalue weighted by Crippen LogP contribution is 2.79. The molecule has 140 valence electrons. The first-order valence-corrected chi connectivity index (χ1v) is 11.4. The fraction of sp³-hybridized carbons (Fsp3) is 0.957. The quantitative estimate of drug-likeness (QED) is 0.590. The predicted molar refractivity (Wildman–Crippen MR) is 101 cm³/mol. The van der Waals surface area contributed by atoms with Gasteiger partial charge in [-0.05, 0) is 86.9 Å². The fourth-order valence-corrected chi connectivity index (χ4v) is 8.29. The number of rotatable bonds is 6. The highest BCUT2D eigenvalue weighted by molar-refractivity contribution is 5.84. The summed E-state index contributed by atoms with van der Waals surface area (Å²) in [6, 6.07) is 0. The third-order valence-corrected chi connectivity index (χ3v) is 9.19. The van der Waals surface area contributed by atoms with Crippen molar-refractivity contribution in [3.05, 3.63) is 0 Å². The summed E-state index contributed by atoms with van der Waals surface area (Å²) in [6.45, 7) is 4.42. The summed E-state index contributed by atoms with van der Waals surface area (Å²) >= 11 is 0. The van der Waals surface area contributed by atoms with Crippen molar-refractivity contribution in [2.75, 3.05) is 13.1 Å². The van der Waals surface area contributed by atoms with Gasteiger partial charge in [-0.3, -0.25) is 4.79 Å². The summed E-state index contributed by atoms with van der Waals surface area (Å²) in [5, 5.41) is 0. The molecule has 4 aliphatic carbocycles. The third-order valence-electron chi connectivity index (χ3n) is 9.19. The second kappa shape index (κ2) is 5.99. The van der Waals surface area contributed by atoms with Gasteiger partial charge in [0.25, 0.3) is 0 Å². The van der Waals surface area contributed by atoms with Crippen LogP contribution in [0.1, 0.15) is 90.4 Å². The number of carbonyl (C=O) groups excluding carboxylic acids is 1. The van der Waals surface area contributed by atoms with Crippen LogP contribution in [0.2, 0.25) is 0 Å². The van der Waals surface area contributed by atoms with E-state index in [1.165, 1.54) is 83.5 Å². The highest BCUT2D eigenvalue weighted by Gasteiger charge is 2.72. The number of unbranched alkanes of at least 4 members (excludes halogenated alkanes) is 3. The van der Waals surface area contributed by atoms with Crippen molar-refractivity contribution in [3.8, 4) is 0 Å². The smallest absolute Gasteiger partial charge is 0.228 e. The molecule has 1 heterocycles. The van der Waals surface area contributed by atoms with Gasteiger partial charge in [0.05, 0.1) is 5.41 Å². The van der Waals surface area contributed by atoms with Crippen molar-refractivity contribution in [1.29, 1.82) is 0 Å². The van der Waals surface area contributed by atoms with Gasteiger partial charge in [0, 0.05) is 13.1 Å². The molecule has 6 atom stereocenters. The van der Waals surface area contributed by atoms with Crippen LogP contribution < -0.4 is 0 Å². The Hall–Kier alpha value is -0.530. The van der Waals surface area contributed by atoms with Crippen molar-refractivity contribution in [1.82, 2.24) is 4.90 Å². The monoisotopic (exact) mass is 343 g/mol. The number of hydrogen-bond donors (Lipinski definition) is 0. The molecule has 3 bridgehead atoms. The Labute approximate surface area is 154 Å². The maximum atomic E-state index is 13.7. The molecule has 1 spiro atoms. The fourth-order valence-electron chi connectivity index (χ4n) is 8.29. The number of likely N-dealkylation sites (tertiary alicyclic amines) is 1. The van der Waals surface area contributed by atoms with E-state index in [4.69, 9.17) is 0 Å². The Kier molecular flexibility index (Phi) is 3.99. The van der Waals surface area contributed by atoms with Crippen molar-refractivity contribution in [2.45, 2.75) is 90.4 Å². The van der Waals surface area contributed by atoms with Crippen molar-refractivity contribution in [3.63, 3.8) is 0 Å². The van der Waals surface area contributed by atoms with Gasteiger partial charge < -0.3 is 4.90 Å². The average molecular weight is 344 g/mol. The van der Waals surface area contributed by atoms with Gasteiger partial charge in [-0.15, -0.1) is 0 Å². The second-order valence-corrected chi connectivity index (χ2v) is 10.6. The predicted octanol–water partition coefficient (Wildman–Crippen LogP) is 5.41. The summed E-state index contributed by atoms with van der Waals surface area (Å²) in [5.74, 6) is 4.21. The molecule has 1 saturated heterocycles. The molecule has 2 nitrogen and oxygen atoms in total. The lowest BCUT2D eigenvalue weighted by Crippen LogP contribution is -2.49. The molecule has 0 radical (unpaired) electrons. The molecule has 1 aliphatic heterocycles. The summed E-state index contributed by atoms with van der Waals surface area (Å²) in [6.07, 6.45) is 17.6. The van der Waals surface area contributed by atoms with Gasteiger partial charge in [0.1, 0.15) is 0 Å². The van der Waals surface area contributed by atoms with Gasteiger partial charge in [-0.2, -0.15) is 0 Å². The van der Waals surface area contributed by atoms with Crippen LogP contribution in [0, 0.1) is 34.5 Å². The Morgan fingerprint density at radius 1 is 1.08 bits per heavy atom. The zero-order chi connectivity index (χ0) is 17.1. The maximum Gasteiger partial charge on any atom is 0.228 e. The Morgan fingerprint density at radius 3 is 2.88 bits per heavy atom. The van der Waals surface area contributed by atoms with Crippen LogP contribution in [0.3, 0.4) is 0 Å². The molecule has 2 heteroatoms. The summed E-state index contributed by atoms with van der Waals surface area (Å²) in [5.41, 5.74) is 0.733. The van der Waals surface area contributed by atoms with Crippen molar-refractivity contribution >= 4 is 5.91 Å². The summed E-state index contributed by atoms with van der Waals surface area (Å²) < 4.78 is 0. The zero-order valence-electron chi connectivity index (χ0n) is 16.3. The molecule has 0 aromatic carbocycles. The van der Waals surface area contributed by atoms with Crippen LogP contribution >= 0.6 is 0 Å². The Bertz CT molecular complexity index is 540. The molecule has 5 aliphatic rings. The molecule has 0 aromatic heterocycles. The molecule has 6 unspecified atom stereocenters. The third kappa shape index (κ3) is 2.45. The van der Waals surface area contributed by atoms with E-state index in [1.54, 1.807) is 0 Å².